The number of benzene rings is 2. The number of ether oxygens (including phenoxy) is 3. The van der Waals surface area contributed by atoms with Crippen LogP contribution in [-0.4, -0.2) is 32.7 Å². The van der Waals surface area contributed by atoms with E-state index in [1.807, 2.05) is 24.3 Å². The van der Waals surface area contributed by atoms with E-state index in [0.29, 0.717) is 28.7 Å². The maximum atomic E-state index is 12.0. The van der Waals surface area contributed by atoms with E-state index >= 15 is 0 Å². The first-order valence-corrected chi connectivity index (χ1v) is 9.44. The van der Waals surface area contributed by atoms with Gasteiger partial charge in [0.2, 0.25) is 0 Å². The molecule has 29 heavy (non-hydrogen) atoms. The summed E-state index contributed by atoms with van der Waals surface area (Å²) < 4.78 is 15.5. The molecule has 6 nitrogen and oxygen atoms in total. The maximum absolute atomic E-state index is 12.0. The molecule has 154 valence electrons. The molecule has 2 rings (SSSR count). The molecule has 0 aromatic heterocycles. The van der Waals surface area contributed by atoms with Crippen molar-refractivity contribution in [1.82, 2.24) is 0 Å². The van der Waals surface area contributed by atoms with E-state index in [9.17, 15) is 9.59 Å². The summed E-state index contributed by atoms with van der Waals surface area (Å²) in [5.41, 5.74) is 2.54. The van der Waals surface area contributed by atoms with Gasteiger partial charge in [-0.2, -0.15) is 0 Å². The molecule has 0 aliphatic carbocycles. The fourth-order valence-corrected chi connectivity index (χ4v) is 2.71. The van der Waals surface area contributed by atoms with Gasteiger partial charge in [0.25, 0.3) is 5.91 Å². The Balaban J connectivity index is 1.87. The molecule has 2 aromatic carbocycles. The highest BCUT2D eigenvalue weighted by atomic mass is 16.5. The smallest absolute Gasteiger partial charge is 0.331 e. The predicted molar refractivity (Wildman–Crippen MR) is 113 cm³/mol. The van der Waals surface area contributed by atoms with Crippen LogP contribution in [0.4, 0.5) is 5.69 Å². The van der Waals surface area contributed by atoms with Gasteiger partial charge in [-0.1, -0.05) is 38.1 Å². The molecular formula is C23H27NO5. The quantitative estimate of drug-likeness (QED) is 0.501. The molecule has 1 amide bonds. The highest BCUT2D eigenvalue weighted by Gasteiger charge is 2.09. The normalized spacial score (nSPS) is 11.7. The number of anilines is 1. The Bertz CT molecular complexity index is 858. The Labute approximate surface area is 171 Å². The number of esters is 1. The molecule has 0 saturated heterocycles. The second-order valence-electron chi connectivity index (χ2n) is 6.50. The Hall–Kier alpha value is -3.28. The minimum absolute atomic E-state index is 0.370. The van der Waals surface area contributed by atoms with Gasteiger partial charge in [-0.15, -0.1) is 0 Å². The van der Waals surface area contributed by atoms with Crippen molar-refractivity contribution < 1.29 is 23.8 Å². The zero-order valence-corrected chi connectivity index (χ0v) is 17.2. The molecule has 0 spiro atoms. The van der Waals surface area contributed by atoms with Gasteiger partial charge < -0.3 is 19.5 Å². The Morgan fingerprint density at radius 3 is 2.41 bits per heavy atom. The molecule has 1 N–H and O–H groups in total. The van der Waals surface area contributed by atoms with Crippen LogP contribution in [0.2, 0.25) is 0 Å². The lowest BCUT2D eigenvalue weighted by molar-refractivity contribution is -0.142. The standard InChI is InChI=1S/C23H27NO5/c1-5-16(2)17-9-12-19(13-10-17)24-21(25)15-29-22(26)14-11-18-7-6-8-20(27-3)23(18)28-4/h6-14,16H,5,15H2,1-4H3,(H,24,25)/b14-11+/t16-/m1/s1. The molecule has 6 heteroatoms. The van der Waals surface area contributed by atoms with Crippen molar-refractivity contribution in [2.75, 3.05) is 26.1 Å². The lowest BCUT2D eigenvalue weighted by atomic mass is 9.99. The molecule has 0 saturated carbocycles. The summed E-state index contributed by atoms with van der Waals surface area (Å²) in [5, 5.41) is 2.71. The zero-order chi connectivity index (χ0) is 21.2. The van der Waals surface area contributed by atoms with Crippen molar-refractivity contribution in [3.8, 4) is 11.5 Å². The number of para-hydroxylation sites is 1. The first-order chi connectivity index (χ1) is 14.0. The van der Waals surface area contributed by atoms with Gasteiger partial charge in [-0.25, -0.2) is 4.79 Å². The summed E-state index contributed by atoms with van der Waals surface area (Å²) >= 11 is 0. The van der Waals surface area contributed by atoms with Crippen molar-refractivity contribution in [3.05, 3.63) is 59.7 Å². The maximum Gasteiger partial charge on any atom is 0.331 e. The third kappa shape index (κ3) is 6.38. The summed E-state index contributed by atoms with van der Waals surface area (Å²) in [5.74, 6) is 0.509. The van der Waals surface area contributed by atoms with Crippen LogP contribution in [0, 0.1) is 0 Å². The summed E-state index contributed by atoms with van der Waals surface area (Å²) in [6, 6.07) is 13.0. The topological polar surface area (TPSA) is 73.9 Å². The third-order valence-corrected chi connectivity index (χ3v) is 4.55. The third-order valence-electron chi connectivity index (χ3n) is 4.55. The lowest BCUT2D eigenvalue weighted by Gasteiger charge is -2.10. The average molecular weight is 397 g/mol. The number of carbonyl (C=O) groups is 2. The van der Waals surface area contributed by atoms with Crippen LogP contribution in [0.3, 0.4) is 0 Å². The van der Waals surface area contributed by atoms with Gasteiger partial charge in [0.15, 0.2) is 18.1 Å². The minimum Gasteiger partial charge on any atom is -0.493 e. The van der Waals surface area contributed by atoms with E-state index in [0.717, 1.165) is 6.42 Å². The highest BCUT2D eigenvalue weighted by molar-refractivity contribution is 5.94. The molecule has 0 bridgehead atoms. The molecule has 1 atom stereocenters. The van der Waals surface area contributed by atoms with Gasteiger partial charge >= 0.3 is 5.97 Å². The first kappa shape index (κ1) is 22.0. The minimum atomic E-state index is -0.628. The van der Waals surface area contributed by atoms with Crippen LogP contribution >= 0.6 is 0 Å². The summed E-state index contributed by atoms with van der Waals surface area (Å²) in [7, 11) is 3.06. The van der Waals surface area contributed by atoms with Crippen LogP contribution in [-0.2, 0) is 14.3 Å². The van der Waals surface area contributed by atoms with E-state index in [-0.39, 0.29) is 6.61 Å². The largest absolute Gasteiger partial charge is 0.493 e. The van der Waals surface area contributed by atoms with Crippen molar-refractivity contribution in [1.29, 1.82) is 0 Å². The van der Waals surface area contributed by atoms with Crippen LogP contribution in [0.15, 0.2) is 48.5 Å². The molecule has 0 aliphatic rings. The fraction of sp³-hybridized carbons (Fsp3) is 0.304. The molecule has 0 radical (unpaired) electrons. The van der Waals surface area contributed by atoms with E-state index in [1.165, 1.54) is 25.9 Å². The van der Waals surface area contributed by atoms with Gasteiger partial charge in [-0.05, 0) is 42.2 Å². The average Bonchev–Trinajstić information content (AvgIpc) is 2.75. The summed E-state index contributed by atoms with van der Waals surface area (Å²) in [6.45, 7) is 3.92. The number of nitrogens with one attached hydrogen (secondary N) is 1. The fourth-order valence-electron chi connectivity index (χ4n) is 2.71. The second-order valence-corrected chi connectivity index (χ2v) is 6.50. The van der Waals surface area contributed by atoms with Crippen LogP contribution in [0.1, 0.15) is 37.3 Å². The molecule has 0 fully saturated rings. The first-order valence-electron chi connectivity index (χ1n) is 9.44. The van der Waals surface area contributed by atoms with E-state index in [4.69, 9.17) is 14.2 Å². The van der Waals surface area contributed by atoms with Crippen LogP contribution in [0.5, 0.6) is 11.5 Å². The van der Waals surface area contributed by atoms with Gasteiger partial charge in [0, 0.05) is 17.3 Å². The Kier molecular flexibility index (Phi) is 8.27. The number of hydrogen-bond acceptors (Lipinski definition) is 5. The van der Waals surface area contributed by atoms with Gasteiger partial charge in [0.1, 0.15) is 0 Å². The van der Waals surface area contributed by atoms with Crippen molar-refractivity contribution >= 4 is 23.6 Å². The molecule has 0 aliphatic heterocycles. The SMILES string of the molecule is CC[C@@H](C)c1ccc(NC(=O)COC(=O)/C=C/c2cccc(OC)c2OC)cc1. The Morgan fingerprint density at radius 1 is 1.07 bits per heavy atom. The molecule has 2 aromatic rings. The van der Waals surface area contributed by atoms with Crippen LogP contribution < -0.4 is 14.8 Å². The highest BCUT2D eigenvalue weighted by Crippen LogP contribution is 2.31. The number of methoxy groups -OCH3 is 2. The summed E-state index contributed by atoms with van der Waals surface area (Å²) in [4.78, 5) is 23.9. The molecule has 0 heterocycles. The van der Waals surface area contributed by atoms with Crippen molar-refractivity contribution in [3.63, 3.8) is 0 Å². The predicted octanol–water partition coefficient (Wildman–Crippen LogP) is 4.41. The summed E-state index contributed by atoms with van der Waals surface area (Å²) in [6.07, 6.45) is 3.84. The number of amides is 1. The van der Waals surface area contributed by atoms with Crippen molar-refractivity contribution in [2.45, 2.75) is 26.2 Å². The molecular weight excluding hydrogens is 370 g/mol. The van der Waals surface area contributed by atoms with Crippen LogP contribution in [0.25, 0.3) is 6.08 Å². The van der Waals surface area contributed by atoms with Gasteiger partial charge in [0.05, 0.1) is 14.2 Å². The molecule has 0 unspecified atom stereocenters. The van der Waals surface area contributed by atoms with E-state index in [1.54, 1.807) is 24.3 Å². The number of hydrogen-bond donors (Lipinski definition) is 1. The Morgan fingerprint density at radius 2 is 1.79 bits per heavy atom. The number of carbonyl (C=O) groups excluding carboxylic acids is 2. The van der Waals surface area contributed by atoms with E-state index in [2.05, 4.69) is 19.2 Å². The number of rotatable bonds is 9. The monoisotopic (exact) mass is 397 g/mol. The lowest BCUT2D eigenvalue weighted by Crippen LogP contribution is -2.20. The second kappa shape index (κ2) is 10.9. The van der Waals surface area contributed by atoms with Gasteiger partial charge in [-0.3, -0.25) is 4.79 Å². The van der Waals surface area contributed by atoms with E-state index < -0.39 is 11.9 Å². The van der Waals surface area contributed by atoms with Crippen molar-refractivity contribution in [2.24, 2.45) is 0 Å². The zero-order valence-electron chi connectivity index (χ0n) is 17.2.